The minimum absolute atomic E-state index is 0.133. The van der Waals surface area contributed by atoms with Gasteiger partial charge in [0.05, 0.1) is 0 Å². The minimum atomic E-state index is 0.133. The minimum Gasteiger partial charge on any atom is -0.120 e. The molecule has 0 heterocycles. The van der Waals surface area contributed by atoms with Crippen LogP contribution in [0.3, 0.4) is 0 Å². The standard InChI is InChI=1S/C10H14/c1-5-10(4)6-8(2)9(3)7-10/h1H,6-7H2,2-4H3. The Morgan fingerprint density at radius 2 is 1.70 bits per heavy atom. The van der Waals surface area contributed by atoms with Gasteiger partial charge in [-0.15, -0.1) is 6.42 Å². The highest BCUT2D eigenvalue weighted by atomic mass is 14.3. The number of terminal acetylenes is 1. The van der Waals surface area contributed by atoms with E-state index in [9.17, 15) is 0 Å². The van der Waals surface area contributed by atoms with Crippen LogP contribution in [0.2, 0.25) is 0 Å². The Balaban J connectivity index is 2.78. The summed E-state index contributed by atoms with van der Waals surface area (Å²) in [7, 11) is 0. The zero-order valence-electron chi connectivity index (χ0n) is 6.99. The lowest BCUT2D eigenvalue weighted by atomic mass is 9.87. The van der Waals surface area contributed by atoms with Gasteiger partial charge in [-0.25, -0.2) is 0 Å². The zero-order chi connectivity index (χ0) is 7.78. The molecule has 0 aliphatic heterocycles. The fourth-order valence-electron chi connectivity index (χ4n) is 1.64. The second-order valence-electron chi connectivity index (χ2n) is 3.62. The van der Waals surface area contributed by atoms with E-state index in [1.165, 1.54) is 11.1 Å². The summed E-state index contributed by atoms with van der Waals surface area (Å²) in [6.45, 7) is 6.52. The molecular formula is C10H14. The van der Waals surface area contributed by atoms with Crippen molar-refractivity contribution in [1.29, 1.82) is 0 Å². The van der Waals surface area contributed by atoms with Gasteiger partial charge in [-0.3, -0.25) is 0 Å². The molecule has 0 aromatic carbocycles. The molecule has 0 aromatic heterocycles. The van der Waals surface area contributed by atoms with Crippen LogP contribution in [0.1, 0.15) is 33.6 Å². The van der Waals surface area contributed by atoms with Crippen molar-refractivity contribution in [2.24, 2.45) is 5.41 Å². The number of rotatable bonds is 0. The van der Waals surface area contributed by atoms with E-state index in [2.05, 4.69) is 26.7 Å². The summed E-state index contributed by atoms with van der Waals surface area (Å²) in [4.78, 5) is 0. The van der Waals surface area contributed by atoms with Crippen LogP contribution in [0.25, 0.3) is 0 Å². The molecule has 0 fully saturated rings. The van der Waals surface area contributed by atoms with Gasteiger partial charge in [0, 0.05) is 5.41 Å². The molecule has 0 amide bonds. The smallest absolute Gasteiger partial charge is 0.0357 e. The van der Waals surface area contributed by atoms with Crippen molar-refractivity contribution in [2.45, 2.75) is 33.6 Å². The van der Waals surface area contributed by atoms with E-state index in [1.54, 1.807) is 0 Å². The number of hydrogen-bond donors (Lipinski definition) is 0. The molecule has 0 saturated heterocycles. The van der Waals surface area contributed by atoms with E-state index in [1.807, 2.05) is 0 Å². The van der Waals surface area contributed by atoms with E-state index >= 15 is 0 Å². The van der Waals surface area contributed by atoms with Gasteiger partial charge in [-0.05, 0) is 33.6 Å². The predicted octanol–water partition coefficient (Wildman–Crippen LogP) is 2.76. The molecule has 1 aliphatic rings. The van der Waals surface area contributed by atoms with Crippen molar-refractivity contribution in [2.75, 3.05) is 0 Å². The molecule has 0 bridgehead atoms. The lowest BCUT2D eigenvalue weighted by Crippen LogP contribution is -2.07. The fourth-order valence-corrected chi connectivity index (χ4v) is 1.64. The van der Waals surface area contributed by atoms with Crippen LogP contribution < -0.4 is 0 Å². The molecule has 0 heteroatoms. The summed E-state index contributed by atoms with van der Waals surface area (Å²) in [5.41, 5.74) is 3.11. The molecule has 0 saturated carbocycles. The Morgan fingerprint density at radius 1 is 1.30 bits per heavy atom. The maximum absolute atomic E-state index is 5.42. The third-order valence-corrected chi connectivity index (χ3v) is 2.39. The van der Waals surface area contributed by atoms with E-state index < -0.39 is 0 Å². The van der Waals surface area contributed by atoms with Crippen LogP contribution in [0.15, 0.2) is 11.1 Å². The van der Waals surface area contributed by atoms with Crippen molar-refractivity contribution in [3.8, 4) is 12.3 Å². The van der Waals surface area contributed by atoms with Crippen LogP contribution in [-0.2, 0) is 0 Å². The summed E-state index contributed by atoms with van der Waals surface area (Å²) in [6.07, 6.45) is 7.60. The molecule has 10 heavy (non-hydrogen) atoms. The van der Waals surface area contributed by atoms with Crippen LogP contribution in [0, 0.1) is 17.8 Å². The summed E-state index contributed by atoms with van der Waals surface area (Å²) in [5, 5.41) is 0. The zero-order valence-corrected chi connectivity index (χ0v) is 6.99. The summed E-state index contributed by atoms with van der Waals surface area (Å²) < 4.78 is 0. The van der Waals surface area contributed by atoms with Crippen molar-refractivity contribution < 1.29 is 0 Å². The number of allylic oxidation sites excluding steroid dienone is 2. The topological polar surface area (TPSA) is 0 Å². The van der Waals surface area contributed by atoms with Gasteiger partial charge >= 0.3 is 0 Å². The van der Waals surface area contributed by atoms with Gasteiger partial charge < -0.3 is 0 Å². The van der Waals surface area contributed by atoms with Crippen LogP contribution >= 0.6 is 0 Å². The van der Waals surface area contributed by atoms with Gasteiger partial charge in [0.15, 0.2) is 0 Å². The predicted molar refractivity (Wildman–Crippen MR) is 44.5 cm³/mol. The van der Waals surface area contributed by atoms with Gasteiger partial charge in [-0.1, -0.05) is 17.1 Å². The molecule has 0 nitrogen and oxygen atoms in total. The van der Waals surface area contributed by atoms with Crippen molar-refractivity contribution >= 4 is 0 Å². The molecule has 0 unspecified atom stereocenters. The highest BCUT2D eigenvalue weighted by Crippen LogP contribution is 2.40. The fraction of sp³-hybridized carbons (Fsp3) is 0.600. The van der Waals surface area contributed by atoms with E-state index in [-0.39, 0.29) is 5.41 Å². The highest BCUT2D eigenvalue weighted by Gasteiger charge is 2.28. The van der Waals surface area contributed by atoms with Crippen molar-refractivity contribution in [3.63, 3.8) is 0 Å². The second-order valence-corrected chi connectivity index (χ2v) is 3.62. The Bertz CT molecular complexity index is 199. The molecule has 1 aliphatic carbocycles. The highest BCUT2D eigenvalue weighted by molar-refractivity contribution is 5.26. The first-order valence-corrected chi connectivity index (χ1v) is 3.70. The lowest BCUT2D eigenvalue weighted by molar-refractivity contribution is 0.477. The Labute approximate surface area is 63.3 Å². The van der Waals surface area contributed by atoms with Crippen LogP contribution in [-0.4, -0.2) is 0 Å². The van der Waals surface area contributed by atoms with Crippen LogP contribution in [0.5, 0.6) is 0 Å². The van der Waals surface area contributed by atoms with Crippen molar-refractivity contribution in [3.05, 3.63) is 11.1 Å². The third kappa shape index (κ3) is 1.09. The maximum atomic E-state index is 5.42. The molecule has 0 atom stereocenters. The summed E-state index contributed by atoms with van der Waals surface area (Å²) in [5.74, 6) is 2.86. The summed E-state index contributed by atoms with van der Waals surface area (Å²) in [6, 6.07) is 0. The third-order valence-electron chi connectivity index (χ3n) is 2.39. The quantitative estimate of drug-likeness (QED) is 0.353. The van der Waals surface area contributed by atoms with Crippen LogP contribution in [0.4, 0.5) is 0 Å². The van der Waals surface area contributed by atoms with E-state index in [4.69, 9.17) is 6.42 Å². The normalized spacial score (nSPS) is 23.0. The first-order valence-electron chi connectivity index (χ1n) is 3.70. The molecular weight excluding hydrogens is 120 g/mol. The number of hydrogen-bond acceptors (Lipinski definition) is 0. The van der Waals surface area contributed by atoms with E-state index in [0.29, 0.717) is 0 Å². The molecule has 0 spiro atoms. The van der Waals surface area contributed by atoms with Gasteiger partial charge in [-0.2, -0.15) is 0 Å². The van der Waals surface area contributed by atoms with Gasteiger partial charge in [0.2, 0.25) is 0 Å². The van der Waals surface area contributed by atoms with Gasteiger partial charge in [0.25, 0.3) is 0 Å². The molecule has 0 N–H and O–H groups in total. The van der Waals surface area contributed by atoms with Gasteiger partial charge in [0.1, 0.15) is 0 Å². The average Bonchev–Trinajstić information content (AvgIpc) is 2.10. The molecule has 1 rings (SSSR count). The largest absolute Gasteiger partial charge is 0.120 e. The average molecular weight is 134 g/mol. The molecule has 0 radical (unpaired) electrons. The Hall–Kier alpha value is -0.700. The molecule has 54 valence electrons. The Kier molecular flexibility index (Phi) is 1.60. The Morgan fingerprint density at radius 3 is 1.90 bits per heavy atom. The monoisotopic (exact) mass is 134 g/mol. The van der Waals surface area contributed by atoms with Crippen molar-refractivity contribution in [1.82, 2.24) is 0 Å². The lowest BCUT2D eigenvalue weighted by Gasteiger charge is -2.15. The van der Waals surface area contributed by atoms with E-state index in [0.717, 1.165) is 12.8 Å². The SMILES string of the molecule is C#CC1(C)CC(C)=C(C)C1. The first-order chi connectivity index (χ1) is 4.57. The summed E-state index contributed by atoms with van der Waals surface area (Å²) >= 11 is 0. The second kappa shape index (κ2) is 2.16. The first kappa shape index (κ1) is 7.41. The molecule has 0 aromatic rings. The maximum Gasteiger partial charge on any atom is 0.0357 e.